The lowest BCUT2D eigenvalue weighted by atomic mass is 10.2. The van der Waals surface area contributed by atoms with Gasteiger partial charge in [-0.05, 0) is 37.6 Å². The molecule has 0 aliphatic rings. The summed E-state index contributed by atoms with van der Waals surface area (Å²) in [6, 6.07) is 6.93. The highest BCUT2D eigenvalue weighted by Gasteiger charge is 2.07. The number of carboxylic acid groups (broad SMARTS) is 1. The predicted molar refractivity (Wildman–Crippen MR) is 72.2 cm³/mol. The Kier molecular flexibility index (Phi) is 3.75. The Balaban J connectivity index is 2.16. The van der Waals surface area contributed by atoms with Gasteiger partial charge in [-0.25, -0.2) is 9.78 Å². The second kappa shape index (κ2) is 5.48. The molecule has 2 rings (SSSR count). The Morgan fingerprint density at radius 1 is 1.37 bits per heavy atom. The molecule has 5 heteroatoms. The van der Waals surface area contributed by atoms with Crippen LogP contribution in [0.15, 0.2) is 30.5 Å². The zero-order chi connectivity index (χ0) is 13.8. The number of nitrogens with zero attached hydrogens (tertiary/aromatic N) is 2. The first-order chi connectivity index (χ1) is 9.06. The topological polar surface area (TPSA) is 75.1 Å². The van der Waals surface area contributed by atoms with Crippen molar-refractivity contribution >= 4 is 11.8 Å². The third-order valence-electron chi connectivity index (χ3n) is 2.76. The molecule has 0 saturated heterocycles. The molecule has 98 valence electrons. The molecule has 2 heterocycles. The van der Waals surface area contributed by atoms with Gasteiger partial charge in [-0.2, -0.15) is 0 Å². The summed E-state index contributed by atoms with van der Waals surface area (Å²) >= 11 is 0. The Bertz CT molecular complexity index is 611. The predicted octanol–water partition coefficient (Wildman–Crippen LogP) is 2.40. The average molecular weight is 257 g/mol. The molecule has 0 atom stereocenters. The summed E-state index contributed by atoms with van der Waals surface area (Å²) in [6.07, 6.45) is 1.73. The first-order valence-corrected chi connectivity index (χ1v) is 5.92. The number of nitrogens with one attached hydrogen (secondary N) is 1. The van der Waals surface area contributed by atoms with Gasteiger partial charge in [0.15, 0.2) is 0 Å². The molecule has 0 amide bonds. The highest BCUT2D eigenvalue weighted by Crippen LogP contribution is 2.12. The van der Waals surface area contributed by atoms with E-state index in [9.17, 15) is 4.79 Å². The molecule has 0 aromatic carbocycles. The van der Waals surface area contributed by atoms with Gasteiger partial charge in [0.05, 0.1) is 17.8 Å². The number of hydrogen-bond donors (Lipinski definition) is 2. The average Bonchev–Trinajstić information content (AvgIpc) is 2.37. The smallest absolute Gasteiger partial charge is 0.335 e. The minimum absolute atomic E-state index is 0.229. The van der Waals surface area contributed by atoms with Crippen LogP contribution in [0, 0.1) is 13.8 Å². The minimum Gasteiger partial charge on any atom is -0.478 e. The van der Waals surface area contributed by atoms with Crippen molar-refractivity contribution in [2.75, 3.05) is 5.32 Å². The fourth-order valence-electron chi connectivity index (χ4n) is 1.76. The van der Waals surface area contributed by atoms with E-state index in [-0.39, 0.29) is 5.56 Å². The summed E-state index contributed by atoms with van der Waals surface area (Å²) in [7, 11) is 0. The number of anilines is 1. The first-order valence-electron chi connectivity index (χ1n) is 5.92. The molecular weight excluding hydrogens is 242 g/mol. The molecule has 2 aromatic heterocycles. The van der Waals surface area contributed by atoms with E-state index in [4.69, 9.17) is 5.11 Å². The second-order valence-electron chi connectivity index (χ2n) is 4.31. The molecule has 0 bridgehead atoms. The molecule has 19 heavy (non-hydrogen) atoms. The molecule has 0 radical (unpaired) electrons. The Morgan fingerprint density at radius 3 is 2.84 bits per heavy atom. The van der Waals surface area contributed by atoms with Crippen molar-refractivity contribution in [3.63, 3.8) is 0 Å². The molecule has 0 saturated carbocycles. The van der Waals surface area contributed by atoms with Gasteiger partial charge in [0, 0.05) is 11.9 Å². The molecule has 2 aromatic rings. The van der Waals surface area contributed by atoms with Crippen LogP contribution in [0.25, 0.3) is 0 Å². The van der Waals surface area contributed by atoms with E-state index < -0.39 is 5.97 Å². The van der Waals surface area contributed by atoms with Crippen molar-refractivity contribution in [3.05, 3.63) is 53.0 Å². The van der Waals surface area contributed by atoms with Gasteiger partial charge in [-0.15, -0.1) is 0 Å². The summed E-state index contributed by atoms with van der Waals surface area (Å²) < 4.78 is 0. The van der Waals surface area contributed by atoms with Crippen molar-refractivity contribution in [3.8, 4) is 0 Å². The van der Waals surface area contributed by atoms with Crippen LogP contribution in [0.5, 0.6) is 0 Å². The SMILES string of the molecule is Cc1cc(C(=O)O)cc(NCc2ncccc2C)n1. The number of pyridine rings is 2. The summed E-state index contributed by atoms with van der Waals surface area (Å²) in [5.41, 5.74) is 2.90. The Morgan fingerprint density at radius 2 is 2.16 bits per heavy atom. The van der Waals surface area contributed by atoms with Crippen molar-refractivity contribution < 1.29 is 9.90 Å². The molecule has 0 fully saturated rings. The van der Waals surface area contributed by atoms with E-state index in [0.29, 0.717) is 18.1 Å². The lowest BCUT2D eigenvalue weighted by molar-refractivity contribution is 0.0696. The van der Waals surface area contributed by atoms with E-state index in [0.717, 1.165) is 11.3 Å². The van der Waals surface area contributed by atoms with Crippen molar-refractivity contribution in [2.24, 2.45) is 0 Å². The van der Waals surface area contributed by atoms with Crippen LogP contribution >= 0.6 is 0 Å². The fraction of sp³-hybridized carbons (Fsp3) is 0.214. The van der Waals surface area contributed by atoms with Crippen LogP contribution in [0.1, 0.15) is 27.3 Å². The molecular formula is C14H15N3O2. The minimum atomic E-state index is -0.956. The van der Waals surface area contributed by atoms with Gasteiger partial charge < -0.3 is 10.4 Å². The van der Waals surface area contributed by atoms with Crippen LogP contribution in [-0.4, -0.2) is 21.0 Å². The maximum Gasteiger partial charge on any atom is 0.335 e. The molecule has 0 spiro atoms. The third-order valence-corrected chi connectivity index (χ3v) is 2.76. The van der Waals surface area contributed by atoms with Gasteiger partial charge in [-0.1, -0.05) is 6.07 Å². The van der Waals surface area contributed by atoms with E-state index in [1.54, 1.807) is 19.2 Å². The van der Waals surface area contributed by atoms with Gasteiger partial charge in [-0.3, -0.25) is 4.98 Å². The third kappa shape index (κ3) is 3.28. The number of hydrogen-bond acceptors (Lipinski definition) is 4. The maximum atomic E-state index is 11.0. The quantitative estimate of drug-likeness (QED) is 0.879. The van der Waals surface area contributed by atoms with Crippen LogP contribution in [0.3, 0.4) is 0 Å². The van der Waals surface area contributed by atoms with E-state index >= 15 is 0 Å². The second-order valence-corrected chi connectivity index (χ2v) is 4.31. The van der Waals surface area contributed by atoms with Gasteiger partial charge in [0.25, 0.3) is 0 Å². The Labute approximate surface area is 111 Å². The van der Waals surface area contributed by atoms with Crippen LogP contribution in [0.4, 0.5) is 5.82 Å². The van der Waals surface area contributed by atoms with Crippen LogP contribution < -0.4 is 5.32 Å². The maximum absolute atomic E-state index is 11.0. The highest BCUT2D eigenvalue weighted by atomic mass is 16.4. The number of carbonyl (C=O) groups is 1. The lowest BCUT2D eigenvalue weighted by Crippen LogP contribution is -2.07. The van der Waals surface area contributed by atoms with Gasteiger partial charge in [0.2, 0.25) is 0 Å². The van der Waals surface area contributed by atoms with Crippen molar-refractivity contribution in [1.29, 1.82) is 0 Å². The van der Waals surface area contributed by atoms with E-state index in [2.05, 4.69) is 15.3 Å². The number of aromatic carboxylic acids is 1. The van der Waals surface area contributed by atoms with Crippen LogP contribution in [0.2, 0.25) is 0 Å². The first kappa shape index (κ1) is 13.0. The molecule has 0 unspecified atom stereocenters. The number of rotatable bonds is 4. The highest BCUT2D eigenvalue weighted by molar-refractivity contribution is 5.88. The monoisotopic (exact) mass is 257 g/mol. The normalized spacial score (nSPS) is 10.2. The Hall–Kier alpha value is -2.43. The standard InChI is InChI=1S/C14H15N3O2/c1-9-4-3-5-15-12(9)8-16-13-7-11(14(18)19)6-10(2)17-13/h3-7H,8H2,1-2H3,(H,16,17)(H,18,19). The zero-order valence-corrected chi connectivity index (χ0v) is 10.8. The van der Waals surface area contributed by atoms with E-state index in [1.165, 1.54) is 6.07 Å². The summed E-state index contributed by atoms with van der Waals surface area (Å²) in [6.45, 7) is 4.27. The molecule has 2 N–H and O–H groups in total. The van der Waals surface area contributed by atoms with E-state index in [1.807, 2.05) is 19.1 Å². The largest absolute Gasteiger partial charge is 0.478 e. The van der Waals surface area contributed by atoms with Crippen molar-refractivity contribution in [1.82, 2.24) is 9.97 Å². The van der Waals surface area contributed by atoms with Gasteiger partial charge in [0.1, 0.15) is 5.82 Å². The number of carboxylic acids is 1. The molecule has 5 nitrogen and oxygen atoms in total. The number of aromatic nitrogens is 2. The summed E-state index contributed by atoms with van der Waals surface area (Å²) in [5, 5.41) is 12.1. The van der Waals surface area contributed by atoms with Gasteiger partial charge >= 0.3 is 5.97 Å². The molecule has 0 aliphatic carbocycles. The van der Waals surface area contributed by atoms with Crippen molar-refractivity contribution in [2.45, 2.75) is 20.4 Å². The van der Waals surface area contributed by atoms with Crippen LogP contribution in [-0.2, 0) is 6.54 Å². The fourth-order valence-corrected chi connectivity index (χ4v) is 1.76. The summed E-state index contributed by atoms with van der Waals surface area (Å²) in [5.74, 6) is -0.412. The number of aryl methyl sites for hydroxylation is 2. The molecule has 0 aliphatic heterocycles. The summed E-state index contributed by atoms with van der Waals surface area (Å²) in [4.78, 5) is 19.5. The zero-order valence-electron chi connectivity index (χ0n) is 10.8. The lowest BCUT2D eigenvalue weighted by Gasteiger charge is -2.08.